The van der Waals surface area contributed by atoms with Crippen molar-refractivity contribution >= 4 is 21.8 Å². The molecule has 1 atom stereocenters. The monoisotopic (exact) mass is 257 g/mol. The fourth-order valence-corrected chi connectivity index (χ4v) is 2.07. The Bertz CT molecular complexity index is 372. The molecule has 1 aliphatic heterocycles. The summed E-state index contributed by atoms with van der Waals surface area (Å²) in [6, 6.07) is 2.01. The maximum atomic E-state index is 11.5. The van der Waals surface area contributed by atoms with Crippen molar-refractivity contribution in [2.75, 3.05) is 6.54 Å². The quantitative estimate of drug-likeness (QED) is 0.831. The van der Waals surface area contributed by atoms with Crippen LogP contribution in [0.1, 0.15) is 30.4 Å². The van der Waals surface area contributed by atoms with E-state index < -0.39 is 0 Å². The van der Waals surface area contributed by atoms with Gasteiger partial charge in [0.1, 0.15) is 10.3 Å². The van der Waals surface area contributed by atoms with E-state index in [4.69, 9.17) is 0 Å². The molecule has 76 valence electrons. The minimum absolute atomic E-state index is 0.0416. The highest BCUT2D eigenvalue weighted by Gasteiger charge is 2.28. The summed E-state index contributed by atoms with van der Waals surface area (Å²) in [6.07, 6.45) is 0. The summed E-state index contributed by atoms with van der Waals surface area (Å²) in [6.45, 7) is 4.92. The third-order valence-electron chi connectivity index (χ3n) is 2.49. The van der Waals surface area contributed by atoms with Crippen molar-refractivity contribution in [3.8, 4) is 0 Å². The number of hydrogen-bond donors (Lipinski definition) is 1. The number of rotatable bonds is 1. The van der Waals surface area contributed by atoms with E-state index in [1.807, 2.05) is 4.68 Å². The number of amides is 1. The van der Waals surface area contributed by atoms with Gasteiger partial charge >= 0.3 is 0 Å². The molecule has 2 heterocycles. The third kappa shape index (κ3) is 1.45. The zero-order valence-electron chi connectivity index (χ0n) is 8.12. The zero-order valence-corrected chi connectivity index (χ0v) is 9.71. The minimum atomic E-state index is -0.0416. The van der Waals surface area contributed by atoms with Crippen LogP contribution in [0.4, 0.5) is 0 Å². The Morgan fingerprint density at radius 1 is 1.71 bits per heavy atom. The largest absolute Gasteiger partial charge is 0.349 e. The first-order chi connectivity index (χ1) is 6.59. The molecule has 4 nitrogen and oxygen atoms in total. The fraction of sp³-hybridized carbons (Fsp3) is 0.556. The second-order valence-electron chi connectivity index (χ2n) is 3.82. The van der Waals surface area contributed by atoms with Gasteiger partial charge in [-0.25, -0.2) is 0 Å². The topological polar surface area (TPSA) is 46.9 Å². The van der Waals surface area contributed by atoms with Crippen molar-refractivity contribution in [2.24, 2.45) is 5.92 Å². The lowest BCUT2D eigenvalue weighted by Crippen LogP contribution is -2.41. The molecule has 1 aromatic rings. The lowest BCUT2D eigenvalue weighted by molar-refractivity contribution is 0.0897. The molecule has 0 radical (unpaired) electrons. The molecule has 5 heteroatoms. The van der Waals surface area contributed by atoms with Crippen molar-refractivity contribution in [1.82, 2.24) is 15.1 Å². The van der Waals surface area contributed by atoms with Crippen LogP contribution in [0.3, 0.4) is 0 Å². The first kappa shape index (κ1) is 9.71. The van der Waals surface area contributed by atoms with Crippen LogP contribution in [0, 0.1) is 5.92 Å². The molecule has 1 N–H and O–H groups in total. The summed E-state index contributed by atoms with van der Waals surface area (Å²) < 4.78 is 2.53. The van der Waals surface area contributed by atoms with Crippen LogP contribution in [0.5, 0.6) is 0 Å². The first-order valence-electron chi connectivity index (χ1n) is 4.63. The second kappa shape index (κ2) is 3.38. The zero-order chi connectivity index (χ0) is 10.3. The molecular formula is C9H12BrN3O. The predicted octanol–water partition coefficient (Wildman–Crippen LogP) is 1.59. The Morgan fingerprint density at radius 3 is 3.07 bits per heavy atom. The van der Waals surface area contributed by atoms with Gasteiger partial charge in [-0.05, 0) is 21.8 Å². The normalized spacial score (nSPS) is 20.9. The Hall–Kier alpha value is -0.840. The standard InChI is InChI=1S/C9H12BrN3O/c1-5(2)7-4-11-9(14)6-3-8(10)12-13(6)7/h3,5,7H,4H2,1-2H3,(H,11,14)/t7-/m0/s1. The van der Waals surface area contributed by atoms with Crippen LogP contribution in [0.15, 0.2) is 10.7 Å². The number of carbonyl (C=O) groups excluding carboxylic acids is 1. The SMILES string of the molecule is CC(C)[C@@H]1CNC(=O)c2cc(Br)nn21. The average molecular weight is 258 g/mol. The molecule has 1 aromatic heterocycles. The number of nitrogens with zero attached hydrogens (tertiary/aromatic N) is 2. The highest BCUT2D eigenvalue weighted by atomic mass is 79.9. The lowest BCUT2D eigenvalue weighted by Gasteiger charge is -2.27. The molecule has 0 aromatic carbocycles. The predicted molar refractivity (Wildman–Crippen MR) is 56.1 cm³/mol. The van der Waals surface area contributed by atoms with Crippen molar-refractivity contribution in [2.45, 2.75) is 19.9 Å². The van der Waals surface area contributed by atoms with Crippen LogP contribution >= 0.6 is 15.9 Å². The lowest BCUT2D eigenvalue weighted by atomic mass is 10.0. The van der Waals surface area contributed by atoms with Crippen molar-refractivity contribution < 1.29 is 4.79 Å². The van der Waals surface area contributed by atoms with E-state index in [0.717, 1.165) is 4.60 Å². The highest BCUT2D eigenvalue weighted by Crippen LogP contribution is 2.24. The van der Waals surface area contributed by atoms with E-state index in [1.54, 1.807) is 6.07 Å². The van der Waals surface area contributed by atoms with E-state index >= 15 is 0 Å². The Labute approximate surface area is 90.8 Å². The van der Waals surface area contributed by atoms with Gasteiger partial charge in [0, 0.05) is 12.6 Å². The number of halogens is 1. The summed E-state index contributed by atoms with van der Waals surface area (Å²) in [7, 11) is 0. The third-order valence-corrected chi connectivity index (χ3v) is 2.88. The van der Waals surface area contributed by atoms with Crippen molar-refractivity contribution in [1.29, 1.82) is 0 Å². The Kier molecular flexibility index (Phi) is 2.34. The van der Waals surface area contributed by atoms with Gasteiger partial charge in [0.25, 0.3) is 5.91 Å². The van der Waals surface area contributed by atoms with Gasteiger partial charge in [-0.1, -0.05) is 13.8 Å². The van der Waals surface area contributed by atoms with Gasteiger partial charge in [0.05, 0.1) is 6.04 Å². The number of hydrogen-bond acceptors (Lipinski definition) is 2. The van der Waals surface area contributed by atoms with E-state index in [0.29, 0.717) is 18.2 Å². The first-order valence-corrected chi connectivity index (χ1v) is 5.42. The van der Waals surface area contributed by atoms with Gasteiger partial charge < -0.3 is 5.32 Å². The minimum Gasteiger partial charge on any atom is -0.349 e. The summed E-state index contributed by atoms with van der Waals surface area (Å²) >= 11 is 3.28. The summed E-state index contributed by atoms with van der Waals surface area (Å²) in [5.41, 5.74) is 0.641. The summed E-state index contributed by atoms with van der Waals surface area (Å²) in [5.74, 6) is 0.418. The van der Waals surface area contributed by atoms with Crippen LogP contribution < -0.4 is 5.32 Å². The molecule has 0 fully saturated rings. The van der Waals surface area contributed by atoms with Crippen molar-refractivity contribution in [3.05, 3.63) is 16.4 Å². The number of fused-ring (bicyclic) bond motifs is 1. The van der Waals surface area contributed by atoms with E-state index in [1.165, 1.54) is 0 Å². The Morgan fingerprint density at radius 2 is 2.43 bits per heavy atom. The van der Waals surface area contributed by atoms with Gasteiger partial charge in [-0.2, -0.15) is 5.10 Å². The molecule has 14 heavy (non-hydrogen) atoms. The number of nitrogens with one attached hydrogen (secondary N) is 1. The molecule has 0 unspecified atom stereocenters. The van der Waals surface area contributed by atoms with Crippen LogP contribution in [-0.2, 0) is 0 Å². The maximum absolute atomic E-state index is 11.5. The molecular weight excluding hydrogens is 246 g/mol. The van der Waals surface area contributed by atoms with Gasteiger partial charge in [-0.15, -0.1) is 0 Å². The smallest absolute Gasteiger partial charge is 0.269 e. The van der Waals surface area contributed by atoms with Crippen molar-refractivity contribution in [3.63, 3.8) is 0 Å². The molecule has 1 amide bonds. The van der Waals surface area contributed by atoms with E-state index in [2.05, 4.69) is 40.2 Å². The maximum Gasteiger partial charge on any atom is 0.269 e. The van der Waals surface area contributed by atoms with Gasteiger partial charge in [0.15, 0.2) is 0 Å². The van der Waals surface area contributed by atoms with Gasteiger partial charge in [0.2, 0.25) is 0 Å². The molecule has 0 bridgehead atoms. The number of aromatic nitrogens is 2. The fourth-order valence-electron chi connectivity index (χ4n) is 1.68. The molecule has 0 saturated heterocycles. The molecule has 0 spiro atoms. The number of carbonyl (C=O) groups is 1. The van der Waals surface area contributed by atoms with E-state index in [9.17, 15) is 4.79 Å². The molecule has 1 aliphatic rings. The van der Waals surface area contributed by atoms with Crippen LogP contribution in [0.25, 0.3) is 0 Å². The van der Waals surface area contributed by atoms with Gasteiger partial charge in [-0.3, -0.25) is 9.48 Å². The molecule has 0 saturated carbocycles. The van der Waals surface area contributed by atoms with Crippen LogP contribution in [0.2, 0.25) is 0 Å². The summed E-state index contributed by atoms with van der Waals surface area (Å²) in [5, 5.41) is 7.14. The molecule has 0 aliphatic carbocycles. The average Bonchev–Trinajstić information content (AvgIpc) is 2.47. The second-order valence-corrected chi connectivity index (χ2v) is 4.63. The van der Waals surface area contributed by atoms with E-state index in [-0.39, 0.29) is 11.9 Å². The Balaban J connectivity index is 2.46. The van der Waals surface area contributed by atoms with Crippen LogP contribution in [-0.4, -0.2) is 22.2 Å². The highest BCUT2D eigenvalue weighted by molar-refractivity contribution is 9.10. The molecule has 2 rings (SSSR count). The summed E-state index contributed by atoms with van der Waals surface area (Å²) in [4.78, 5) is 11.5.